The lowest BCUT2D eigenvalue weighted by molar-refractivity contribution is 0.548. The van der Waals surface area contributed by atoms with Crippen molar-refractivity contribution in [2.45, 2.75) is 6.85 Å². The molecular formula is C11H9BrO. The van der Waals surface area contributed by atoms with Gasteiger partial charge < -0.3 is 4.42 Å². The van der Waals surface area contributed by atoms with Crippen LogP contribution in [0.3, 0.4) is 0 Å². The third-order valence-electron chi connectivity index (χ3n) is 1.60. The van der Waals surface area contributed by atoms with Gasteiger partial charge >= 0.3 is 0 Å². The molecule has 0 radical (unpaired) electrons. The molecule has 1 heterocycles. The second-order valence-corrected chi connectivity index (χ2v) is 3.43. The Kier molecular flexibility index (Phi) is 1.16. The quantitative estimate of drug-likeness (QED) is 0.736. The van der Waals surface area contributed by atoms with Gasteiger partial charge in [-0.05, 0) is 31.1 Å². The fourth-order valence-electron chi connectivity index (χ4n) is 0.999. The number of hydrogen-bond acceptors (Lipinski definition) is 1. The maximum Gasteiger partial charge on any atom is 0.134 e. The normalized spacial score (nSPS) is 16.8. The first-order valence-corrected chi connectivity index (χ1v) is 4.46. The second kappa shape index (κ2) is 3.38. The van der Waals surface area contributed by atoms with Gasteiger partial charge in [-0.3, -0.25) is 0 Å². The van der Waals surface area contributed by atoms with E-state index in [9.17, 15) is 0 Å². The van der Waals surface area contributed by atoms with E-state index in [1.54, 1.807) is 24.3 Å². The summed E-state index contributed by atoms with van der Waals surface area (Å²) in [5, 5.41) is 0. The molecule has 0 aliphatic heterocycles. The topological polar surface area (TPSA) is 13.1 Å². The number of furan rings is 1. The van der Waals surface area contributed by atoms with Crippen molar-refractivity contribution < 1.29 is 11.3 Å². The molecule has 13 heavy (non-hydrogen) atoms. The number of benzene rings is 1. The van der Waals surface area contributed by atoms with E-state index in [0.717, 1.165) is 4.47 Å². The van der Waals surface area contributed by atoms with Gasteiger partial charge in [0.05, 0.1) is 2.74 Å². The fourth-order valence-corrected chi connectivity index (χ4v) is 1.26. The molecule has 0 fully saturated rings. The molecule has 0 saturated heterocycles. The number of aryl methyl sites for hydroxylation is 1. The first kappa shape index (κ1) is 4.47. The van der Waals surface area contributed by atoms with Gasteiger partial charge in [-0.2, -0.15) is 0 Å². The standard InChI is InChI=1S/C11H9BrO/c1-8-2-7-11(13-8)9-3-5-10(12)6-4-9/h2-7H,1H3/i1D3,2D,7D. The highest BCUT2D eigenvalue weighted by Gasteiger charge is 2.00. The molecule has 2 rings (SSSR count). The third-order valence-corrected chi connectivity index (χ3v) is 2.13. The minimum Gasteiger partial charge on any atom is -0.461 e. The van der Waals surface area contributed by atoms with Crippen molar-refractivity contribution in [3.63, 3.8) is 0 Å². The molecule has 0 spiro atoms. The maximum absolute atomic E-state index is 7.74. The third kappa shape index (κ3) is 1.83. The molecule has 2 aromatic rings. The monoisotopic (exact) mass is 241 g/mol. The summed E-state index contributed by atoms with van der Waals surface area (Å²) in [4.78, 5) is 0. The summed E-state index contributed by atoms with van der Waals surface area (Å²) in [6, 6.07) is 6.33. The average Bonchev–Trinajstić information content (AvgIpc) is 2.57. The Morgan fingerprint density at radius 2 is 2.08 bits per heavy atom. The molecule has 0 saturated carbocycles. The zero-order valence-electron chi connectivity index (χ0n) is 11.6. The highest BCUT2D eigenvalue weighted by molar-refractivity contribution is 9.10. The van der Waals surface area contributed by atoms with E-state index >= 15 is 0 Å². The van der Waals surface area contributed by atoms with Crippen LogP contribution in [0.5, 0.6) is 0 Å². The lowest BCUT2D eigenvalue weighted by Gasteiger charge is -1.96. The van der Waals surface area contributed by atoms with Crippen molar-refractivity contribution >= 4 is 15.9 Å². The first-order chi connectivity index (χ1) is 8.30. The van der Waals surface area contributed by atoms with E-state index < -0.39 is 12.6 Å². The fraction of sp³-hybridized carbons (Fsp3) is 0.0909. The number of halogens is 1. The van der Waals surface area contributed by atoms with E-state index in [0.29, 0.717) is 5.56 Å². The van der Waals surface area contributed by atoms with Crippen molar-refractivity contribution in [3.8, 4) is 11.3 Å². The smallest absolute Gasteiger partial charge is 0.134 e. The average molecular weight is 242 g/mol. The van der Waals surface area contributed by atoms with Crippen LogP contribution in [-0.2, 0) is 0 Å². The molecule has 0 amide bonds. The summed E-state index contributed by atoms with van der Waals surface area (Å²) in [6.07, 6.45) is 0. The summed E-state index contributed by atoms with van der Waals surface area (Å²) in [5.41, 5.74) is 0.576. The molecule has 1 aromatic heterocycles. The molecular weight excluding hydrogens is 228 g/mol. The Balaban J connectivity index is 2.56. The largest absolute Gasteiger partial charge is 0.461 e. The van der Waals surface area contributed by atoms with Crippen LogP contribution >= 0.6 is 15.9 Å². The van der Waals surface area contributed by atoms with Crippen molar-refractivity contribution in [2.75, 3.05) is 0 Å². The number of rotatable bonds is 1. The van der Waals surface area contributed by atoms with Crippen LogP contribution in [0.25, 0.3) is 11.3 Å². The van der Waals surface area contributed by atoms with Crippen LogP contribution in [0.4, 0.5) is 0 Å². The molecule has 0 aliphatic carbocycles. The number of hydrogen-bond donors (Lipinski definition) is 0. The first-order valence-electron chi connectivity index (χ1n) is 6.17. The van der Waals surface area contributed by atoms with Crippen LogP contribution in [0.2, 0.25) is 0 Å². The minimum absolute atomic E-state index is 0.110. The van der Waals surface area contributed by atoms with Gasteiger partial charge in [-0.15, -0.1) is 0 Å². The zero-order chi connectivity index (χ0) is 13.5. The Hall–Kier alpha value is -1.02. The van der Waals surface area contributed by atoms with Gasteiger partial charge in [-0.1, -0.05) is 28.1 Å². The Labute approximate surface area is 92.5 Å². The van der Waals surface area contributed by atoms with E-state index in [4.69, 9.17) is 11.3 Å². The molecule has 0 N–H and O–H groups in total. The summed E-state index contributed by atoms with van der Waals surface area (Å²) < 4.78 is 43.2. The van der Waals surface area contributed by atoms with Gasteiger partial charge in [0.2, 0.25) is 0 Å². The second-order valence-electron chi connectivity index (χ2n) is 2.52. The minimum atomic E-state index is -2.51. The Morgan fingerprint density at radius 1 is 1.31 bits per heavy atom. The van der Waals surface area contributed by atoms with Crippen LogP contribution in [0.1, 0.15) is 12.6 Å². The van der Waals surface area contributed by atoms with Crippen LogP contribution in [-0.4, -0.2) is 0 Å². The summed E-state index contributed by atoms with van der Waals surface area (Å²) in [5.74, 6) is -0.330. The molecule has 2 heteroatoms. The lowest BCUT2D eigenvalue weighted by atomic mass is 10.2. The highest BCUT2D eigenvalue weighted by atomic mass is 79.9. The maximum atomic E-state index is 7.74. The lowest BCUT2D eigenvalue weighted by Crippen LogP contribution is -1.71. The SMILES string of the molecule is [2H]c1c(-c2ccc(Br)cc2)oc(C([2H])([2H])[2H])c1[2H]. The van der Waals surface area contributed by atoms with Crippen LogP contribution in [0, 0.1) is 6.85 Å². The molecule has 0 aliphatic rings. The highest BCUT2D eigenvalue weighted by Crippen LogP contribution is 2.23. The molecule has 1 aromatic carbocycles. The molecule has 66 valence electrons. The zero-order valence-corrected chi connectivity index (χ0v) is 8.18. The summed E-state index contributed by atoms with van der Waals surface area (Å²) >= 11 is 3.28. The van der Waals surface area contributed by atoms with Crippen LogP contribution < -0.4 is 0 Å². The van der Waals surface area contributed by atoms with E-state index in [1.165, 1.54) is 0 Å². The van der Waals surface area contributed by atoms with Crippen molar-refractivity contribution in [3.05, 3.63) is 46.6 Å². The van der Waals surface area contributed by atoms with Crippen molar-refractivity contribution in [1.82, 2.24) is 0 Å². The summed E-state index contributed by atoms with van der Waals surface area (Å²) in [7, 11) is 0. The van der Waals surface area contributed by atoms with Gasteiger partial charge in [0.15, 0.2) is 0 Å². The van der Waals surface area contributed by atoms with Crippen molar-refractivity contribution in [2.24, 2.45) is 0 Å². The Bertz CT molecular complexity index is 570. The van der Waals surface area contributed by atoms with Gasteiger partial charge in [0.1, 0.15) is 11.5 Å². The molecule has 0 atom stereocenters. The van der Waals surface area contributed by atoms with E-state index in [1.807, 2.05) is 0 Å². The van der Waals surface area contributed by atoms with Crippen LogP contribution in [0.15, 0.2) is 45.2 Å². The molecule has 1 nitrogen and oxygen atoms in total. The predicted molar refractivity (Wildman–Crippen MR) is 56.6 cm³/mol. The van der Waals surface area contributed by atoms with Crippen molar-refractivity contribution in [1.29, 1.82) is 0 Å². The molecule has 0 unspecified atom stereocenters. The predicted octanol–water partition coefficient (Wildman–Crippen LogP) is 4.02. The molecule has 0 bridgehead atoms. The van der Waals surface area contributed by atoms with E-state index in [-0.39, 0.29) is 17.8 Å². The van der Waals surface area contributed by atoms with Gasteiger partial charge in [0.25, 0.3) is 0 Å². The van der Waals surface area contributed by atoms with Gasteiger partial charge in [0, 0.05) is 14.1 Å². The summed E-state index contributed by atoms with van der Waals surface area (Å²) in [6.45, 7) is -2.51. The van der Waals surface area contributed by atoms with E-state index in [2.05, 4.69) is 15.9 Å². The van der Waals surface area contributed by atoms with Gasteiger partial charge in [-0.25, -0.2) is 0 Å². The Morgan fingerprint density at radius 3 is 2.69 bits per heavy atom.